The Bertz CT molecular complexity index is 2050. The molecule has 0 unspecified atom stereocenters. The molecule has 0 bridgehead atoms. The van der Waals surface area contributed by atoms with Crippen molar-refractivity contribution in [2.75, 3.05) is 27.3 Å². The highest BCUT2D eigenvalue weighted by atomic mass is 127. The van der Waals surface area contributed by atoms with Crippen molar-refractivity contribution in [1.82, 2.24) is 15.3 Å². The fraction of sp³-hybridized carbons (Fsp3) is 0.176. The maximum atomic E-state index is 11.9. The number of halogens is 1. The predicted molar refractivity (Wildman–Crippen MR) is 191 cm³/mol. The first-order chi connectivity index (χ1) is 22.8. The highest BCUT2D eigenvalue weighted by Crippen LogP contribution is 2.24. The van der Waals surface area contributed by atoms with E-state index in [1.54, 1.807) is 14.2 Å². The topological polar surface area (TPSA) is 192 Å². The van der Waals surface area contributed by atoms with E-state index in [2.05, 4.69) is 24.4 Å². The first-order valence-corrected chi connectivity index (χ1v) is 14.4. The van der Waals surface area contributed by atoms with Crippen LogP contribution in [0.15, 0.2) is 104 Å². The van der Waals surface area contributed by atoms with Gasteiger partial charge in [-0.05, 0) is 66.9 Å². The summed E-state index contributed by atoms with van der Waals surface area (Å²) in [6.45, 7) is 1.30. The Morgan fingerprint density at radius 2 is 1.38 bits per heavy atom. The van der Waals surface area contributed by atoms with Crippen molar-refractivity contribution in [1.29, 1.82) is 0 Å². The zero-order valence-corrected chi connectivity index (χ0v) is 28.5. The van der Waals surface area contributed by atoms with Crippen LogP contribution in [-0.4, -0.2) is 49.7 Å². The molecule has 2 aromatic carbocycles. The van der Waals surface area contributed by atoms with Gasteiger partial charge in [0.15, 0.2) is 16.6 Å². The van der Waals surface area contributed by atoms with Crippen molar-refractivity contribution in [3.63, 3.8) is 0 Å². The van der Waals surface area contributed by atoms with E-state index in [9.17, 15) is 19.2 Å². The molecule has 1 amide bonds. The Morgan fingerprint density at radius 1 is 0.812 bits per heavy atom. The van der Waals surface area contributed by atoms with Gasteiger partial charge >= 0.3 is 6.47 Å². The monoisotopic (exact) mass is 770 g/mol. The van der Waals surface area contributed by atoms with Gasteiger partial charge in [0, 0.05) is 58.9 Å². The van der Waals surface area contributed by atoms with E-state index in [4.69, 9.17) is 19.6 Å². The minimum absolute atomic E-state index is 0. The Kier molecular flexibility index (Phi) is 14.5. The molecule has 0 atom stereocenters. The Hall–Kier alpha value is -5.35. The Labute approximate surface area is 291 Å². The first-order valence-electron chi connectivity index (χ1n) is 14.4. The van der Waals surface area contributed by atoms with Crippen LogP contribution >= 0.6 is 24.0 Å². The highest BCUT2D eigenvalue weighted by molar-refractivity contribution is 14.0. The summed E-state index contributed by atoms with van der Waals surface area (Å²) < 4.78 is 24.3. The van der Waals surface area contributed by atoms with E-state index in [0.717, 1.165) is 52.2 Å². The van der Waals surface area contributed by atoms with Gasteiger partial charge in [-0.1, -0.05) is 0 Å². The lowest BCUT2D eigenvalue weighted by atomic mass is 10.1. The van der Waals surface area contributed by atoms with Gasteiger partial charge in [0.25, 0.3) is 11.9 Å². The number of H-pyrrole nitrogens is 2. The zero-order valence-electron chi connectivity index (χ0n) is 26.1. The molecule has 6 rings (SSSR count). The van der Waals surface area contributed by atoms with Crippen LogP contribution in [0, 0.1) is 0 Å². The maximum Gasteiger partial charge on any atom is 0.300 e. The number of rotatable bonds is 10. The normalized spacial score (nSPS) is 10.1. The molecule has 252 valence electrons. The summed E-state index contributed by atoms with van der Waals surface area (Å²) in [6, 6.07) is 16.5. The number of carbonyl (C=O) groups is 2. The number of benzene rings is 2. The molecule has 0 aliphatic rings. The van der Waals surface area contributed by atoms with Crippen molar-refractivity contribution >= 4 is 58.2 Å². The van der Waals surface area contributed by atoms with Crippen molar-refractivity contribution < 1.29 is 32.6 Å². The van der Waals surface area contributed by atoms with Gasteiger partial charge in [-0.3, -0.25) is 19.2 Å². The van der Waals surface area contributed by atoms with Gasteiger partial charge in [-0.15, -0.1) is 24.0 Å². The summed E-state index contributed by atoms with van der Waals surface area (Å²) in [5.74, 6) is 1.18. The lowest BCUT2D eigenvalue weighted by Crippen LogP contribution is -2.26. The molecule has 0 saturated carbocycles. The second-order valence-corrected chi connectivity index (χ2v) is 9.83. The second kappa shape index (κ2) is 18.7. The molecule has 0 fully saturated rings. The average Bonchev–Trinajstić information content (AvgIpc) is 3.68. The van der Waals surface area contributed by atoms with Crippen molar-refractivity contribution in [3.8, 4) is 17.4 Å². The Morgan fingerprint density at radius 3 is 1.90 bits per heavy atom. The van der Waals surface area contributed by atoms with Crippen LogP contribution in [-0.2, 0) is 17.6 Å². The lowest BCUT2D eigenvalue weighted by Gasteiger charge is -2.04. The van der Waals surface area contributed by atoms with Crippen molar-refractivity contribution in [2.24, 2.45) is 5.73 Å². The number of hydrogen-bond acceptors (Lipinski definition) is 10. The first kappa shape index (κ1) is 37.1. The number of ether oxygens (including phenoxy) is 3. The number of nitrogens with one attached hydrogen (secondary N) is 3. The summed E-state index contributed by atoms with van der Waals surface area (Å²) >= 11 is 0. The van der Waals surface area contributed by atoms with Crippen LogP contribution in [0.5, 0.6) is 17.4 Å². The third kappa shape index (κ3) is 10.3. The fourth-order valence-corrected chi connectivity index (χ4v) is 4.52. The third-order valence-electron chi connectivity index (χ3n) is 6.81. The number of aromatic amines is 2. The van der Waals surface area contributed by atoms with Crippen molar-refractivity contribution in [2.45, 2.75) is 12.8 Å². The number of methoxy groups -OCH3 is 2. The zero-order chi connectivity index (χ0) is 33.6. The SMILES string of the molecule is COc1ccc2[nH]cc(CCN)c2c1.COc1ccc2[nH]cc(CCNC(=O)c3cc(=O)cco3)c2c1.I.O=COc1cc(=O)cco1. The van der Waals surface area contributed by atoms with E-state index < -0.39 is 5.91 Å². The van der Waals surface area contributed by atoms with E-state index in [1.807, 2.05) is 48.8 Å². The second-order valence-electron chi connectivity index (χ2n) is 9.83. The number of fused-ring (bicyclic) bond motifs is 2. The molecule has 48 heavy (non-hydrogen) atoms. The number of aromatic nitrogens is 2. The minimum atomic E-state index is -0.403. The third-order valence-corrected chi connectivity index (χ3v) is 6.81. The van der Waals surface area contributed by atoms with Gasteiger partial charge in [0.2, 0.25) is 0 Å². The van der Waals surface area contributed by atoms with E-state index in [0.29, 0.717) is 19.5 Å². The lowest BCUT2D eigenvalue weighted by molar-refractivity contribution is -0.121. The molecule has 0 spiro atoms. The van der Waals surface area contributed by atoms with Crippen molar-refractivity contribution in [3.05, 3.63) is 123 Å². The molecule has 0 aliphatic heterocycles. The van der Waals surface area contributed by atoms with Crippen LogP contribution in [0.3, 0.4) is 0 Å². The van der Waals surface area contributed by atoms with E-state index in [-0.39, 0.29) is 53.0 Å². The number of nitrogens with two attached hydrogens (primary N) is 1. The molecule has 4 aromatic heterocycles. The highest BCUT2D eigenvalue weighted by Gasteiger charge is 2.10. The molecule has 14 heteroatoms. The number of amides is 1. The number of hydrogen-bond donors (Lipinski definition) is 4. The summed E-state index contributed by atoms with van der Waals surface area (Å²) in [5, 5.41) is 5.00. The van der Waals surface area contributed by atoms with Gasteiger partial charge in [0.05, 0.1) is 32.8 Å². The molecule has 4 heterocycles. The van der Waals surface area contributed by atoms with Gasteiger partial charge < -0.3 is 44.1 Å². The summed E-state index contributed by atoms with van der Waals surface area (Å²) in [4.78, 5) is 49.7. The molecule has 0 aliphatic carbocycles. The van der Waals surface area contributed by atoms with Gasteiger partial charge in [-0.25, -0.2) is 0 Å². The Balaban J connectivity index is 0.000000213. The average molecular weight is 771 g/mol. The van der Waals surface area contributed by atoms with E-state index >= 15 is 0 Å². The fourth-order valence-electron chi connectivity index (χ4n) is 4.52. The summed E-state index contributed by atoms with van der Waals surface area (Å²) in [6.07, 6.45) is 7.84. The van der Waals surface area contributed by atoms with Gasteiger partial charge in [0.1, 0.15) is 11.5 Å². The van der Waals surface area contributed by atoms with Crippen LogP contribution < -0.4 is 36.1 Å². The van der Waals surface area contributed by atoms with Crippen LogP contribution in [0.4, 0.5) is 0 Å². The molecule has 6 aromatic rings. The number of carbonyl (C=O) groups excluding carboxylic acids is 2. The van der Waals surface area contributed by atoms with Crippen LogP contribution in [0.2, 0.25) is 0 Å². The smallest absolute Gasteiger partial charge is 0.300 e. The quantitative estimate of drug-likeness (QED) is 0.113. The van der Waals surface area contributed by atoms with Crippen LogP contribution in [0.1, 0.15) is 21.7 Å². The molecule has 13 nitrogen and oxygen atoms in total. The maximum absolute atomic E-state index is 11.9. The standard InChI is InChI=1S/C17H16N2O4.C11H14N2O.C6H4O4.HI/c1-22-13-2-3-15-14(9-13)11(10-19-15)4-6-18-17(21)16-8-12(20)5-7-23-16;1-14-9-2-3-11-10(6-9)8(4-5-12)7-13-11;7-4-10-6-3-5(8)1-2-9-6;/h2-3,5,7-10,19H,4,6H2,1H3,(H,18,21);2-3,6-7,13H,4-5,12H2,1H3;1-4H;1H. The molecule has 0 radical (unpaired) electrons. The molecular formula is C34H35IN4O9. The summed E-state index contributed by atoms with van der Waals surface area (Å²) in [5.41, 5.74) is 9.49. The van der Waals surface area contributed by atoms with Gasteiger partial charge in [-0.2, -0.15) is 0 Å². The molecule has 5 N–H and O–H groups in total. The molecular weight excluding hydrogens is 735 g/mol. The minimum Gasteiger partial charge on any atom is -0.497 e. The largest absolute Gasteiger partial charge is 0.497 e. The predicted octanol–water partition coefficient (Wildman–Crippen LogP) is 4.57. The molecule has 0 saturated heterocycles. The van der Waals surface area contributed by atoms with Crippen LogP contribution in [0.25, 0.3) is 21.8 Å². The van der Waals surface area contributed by atoms with E-state index in [1.165, 1.54) is 35.4 Å². The summed E-state index contributed by atoms with van der Waals surface area (Å²) in [7, 11) is 3.30.